The predicted octanol–water partition coefficient (Wildman–Crippen LogP) is 2.80. The quantitative estimate of drug-likeness (QED) is 0.811. The first-order valence-electron chi connectivity index (χ1n) is 11.2. The molecule has 4 heterocycles. The van der Waals surface area contributed by atoms with Crippen LogP contribution in [0.3, 0.4) is 0 Å². The van der Waals surface area contributed by atoms with E-state index in [1.807, 2.05) is 11.3 Å². The molecule has 3 aliphatic rings. The van der Waals surface area contributed by atoms with Crippen molar-refractivity contribution in [2.24, 2.45) is 0 Å². The third-order valence-corrected chi connectivity index (χ3v) is 8.18. The number of aryl methyl sites for hydroxylation is 1. The molecule has 0 unspecified atom stereocenters. The van der Waals surface area contributed by atoms with Gasteiger partial charge < -0.3 is 9.88 Å². The number of nitrogens with zero attached hydrogens (tertiary/aromatic N) is 5. The molecule has 2 aromatic heterocycles. The van der Waals surface area contributed by atoms with E-state index < -0.39 is 0 Å². The number of nitrogens with one attached hydrogen (secondary N) is 1. The van der Waals surface area contributed by atoms with Gasteiger partial charge in [0.1, 0.15) is 5.82 Å². The first kappa shape index (κ1) is 20.2. The van der Waals surface area contributed by atoms with Crippen LogP contribution in [-0.2, 0) is 19.6 Å². The highest BCUT2D eigenvalue weighted by molar-refractivity contribution is 7.11. The SMILES string of the molecule is Cc1ccc(CN2CC[C@]3(C2)Cn2c(nnc2C(=O)NC2CCCCC2)CN3C)s1. The lowest BCUT2D eigenvalue weighted by Gasteiger charge is -2.42. The Balaban J connectivity index is 1.30. The van der Waals surface area contributed by atoms with Gasteiger partial charge in [-0.15, -0.1) is 21.5 Å². The van der Waals surface area contributed by atoms with E-state index in [-0.39, 0.29) is 17.5 Å². The van der Waals surface area contributed by atoms with Gasteiger partial charge in [-0.25, -0.2) is 0 Å². The molecule has 30 heavy (non-hydrogen) atoms. The van der Waals surface area contributed by atoms with Gasteiger partial charge in [0.2, 0.25) is 5.82 Å². The molecule has 5 rings (SSSR count). The van der Waals surface area contributed by atoms with Crippen molar-refractivity contribution in [1.82, 2.24) is 29.9 Å². The third kappa shape index (κ3) is 3.81. The Kier molecular flexibility index (Phi) is 5.41. The second-order valence-corrected chi connectivity index (χ2v) is 10.8. The van der Waals surface area contributed by atoms with Crippen LogP contribution in [0.4, 0.5) is 0 Å². The molecule has 8 heteroatoms. The van der Waals surface area contributed by atoms with Crippen LogP contribution in [0, 0.1) is 6.92 Å². The highest BCUT2D eigenvalue weighted by Crippen LogP contribution is 2.35. The van der Waals surface area contributed by atoms with E-state index in [0.717, 1.165) is 57.8 Å². The summed E-state index contributed by atoms with van der Waals surface area (Å²) in [5, 5.41) is 11.9. The first-order valence-corrected chi connectivity index (χ1v) is 12.1. The van der Waals surface area contributed by atoms with E-state index in [1.54, 1.807) is 0 Å². The maximum absolute atomic E-state index is 13.0. The van der Waals surface area contributed by atoms with Crippen molar-refractivity contribution in [3.63, 3.8) is 0 Å². The number of thiophene rings is 1. The molecular weight excluding hydrogens is 396 g/mol. The Bertz CT molecular complexity index is 917. The number of hydrogen-bond donors (Lipinski definition) is 1. The average Bonchev–Trinajstić information content (AvgIpc) is 3.43. The smallest absolute Gasteiger partial charge is 0.289 e. The zero-order valence-corrected chi connectivity index (χ0v) is 18.9. The van der Waals surface area contributed by atoms with Crippen LogP contribution in [-0.4, -0.2) is 62.2 Å². The maximum atomic E-state index is 13.0. The molecule has 2 fully saturated rings. The summed E-state index contributed by atoms with van der Waals surface area (Å²) in [7, 11) is 2.19. The highest BCUT2D eigenvalue weighted by Gasteiger charge is 2.46. The van der Waals surface area contributed by atoms with Gasteiger partial charge in [0.05, 0.1) is 12.1 Å². The largest absolute Gasteiger partial charge is 0.347 e. The monoisotopic (exact) mass is 428 g/mol. The Morgan fingerprint density at radius 2 is 2.07 bits per heavy atom. The van der Waals surface area contributed by atoms with Crippen molar-refractivity contribution >= 4 is 17.2 Å². The number of carbonyl (C=O) groups excluding carboxylic acids is 1. The van der Waals surface area contributed by atoms with Crippen LogP contribution in [0.25, 0.3) is 0 Å². The van der Waals surface area contributed by atoms with Crippen molar-refractivity contribution in [3.05, 3.63) is 33.5 Å². The number of hydrogen-bond acceptors (Lipinski definition) is 6. The van der Waals surface area contributed by atoms with Gasteiger partial charge in [0, 0.05) is 42.0 Å². The van der Waals surface area contributed by atoms with E-state index in [2.05, 4.69) is 56.0 Å². The van der Waals surface area contributed by atoms with Crippen LogP contribution in [0.5, 0.6) is 0 Å². The van der Waals surface area contributed by atoms with Gasteiger partial charge in [0.15, 0.2) is 0 Å². The number of carbonyl (C=O) groups is 1. The van der Waals surface area contributed by atoms with Gasteiger partial charge in [-0.3, -0.25) is 14.6 Å². The van der Waals surface area contributed by atoms with Crippen molar-refractivity contribution in [2.45, 2.75) is 76.7 Å². The molecule has 1 atom stereocenters. The molecule has 2 aliphatic heterocycles. The molecule has 1 saturated heterocycles. The highest BCUT2D eigenvalue weighted by atomic mass is 32.1. The average molecular weight is 429 g/mol. The maximum Gasteiger partial charge on any atom is 0.289 e. The first-order chi connectivity index (χ1) is 14.5. The third-order valence-electron chi connectivity index (χ3n) is 7.20. The minimum Gasteiger partial charge on any atom is -0.347 e. The molecule has 0 bridgehead atoms. The number of likely N-dealkylation sites (N-methyl/N-ethyl adjacent to an activating group) is 1. The Hall–Kier alpha value is -1.77. The Morgan fingerprint density at radius 1 is 1.23 bits per heavy atom. The summed E-state index contributed by atoms with van der Waals surface area (Å²) in [5.41, 5.74) is 0.0432. The van der Waals surface area contributed by atoms with Gasteiger partial charge in [-0.05, 0) is 45.4 Å². The van der Waals surface area contributed by atoms with Crippen LogP contribution in [0.2, 0.25) is 0 Å². The molecule has 1 saturated carbocycles. The van der Waals surface area contributed by atoms with E-state index in [0.29, 0.717) is 5.82 Å². The lowest BCUT2D eigenvalue weighted by molar-refractivity contribution is 0.0647. The molecule has 2 aromatic rings. The number of fused-ring (bicyclic) bond motifs is 1. The standard InChI is InChI=1S/C22H32N6OS/c1-16-8-9-18(30-16)12-27-11-10-22(14-27)15-28-19(13-26(22)2)24-25-20(28)21(29)23-17-6-4-3-5-7-17/h8-9,17H,3-7,10-15H2,1-2H3,(H,23,29)/t22-/m0/s1. The van der Waals surface area contributed by atoms with Crippen LogP contribution >= 0.6 is 11.3 Å². The van der Waals surface area contributed by atoms with Gasteiger partial charge in [0.25, 0.3) is 5.91 Å². The normalized spacial score (nSPS) is 25.7. The number of amides is 1. The summed E-state index contributed by atoms with van der Waals surface area (Å²) >= 11 is 1.89. The van der Waals surface area contributed by atoms with Crippen LogP contribution in [0.15, 0.2) is 12.1 Å². The summed E-state index contributed by atoms with van der Waals surface area (Å²) in [4.78, 5) is 20.8. The van der Waals surface area contributed by atoms with Gasteiger partial charge in [-0.1, -0.05) is 19.3 Å². The van der Waals surface area contributed by atoms with E-state index in [4.69, 9.17) is 0 Å². The van der Waals surface area contributed by atoms with E-state index in [9.17, 15) is 4.79 Å². The number of rotatable bonds is 4. The van der Waals surface area contributed by atoms with Gasteiger partial charge >= 0.3 is 0 Å². The van der Waals surface area contributed by atoms with Crippen molar-refractivity contribution < 1.29 is 4.79 Å². The molecule has 7 nitrogen and oxygen atoms in total. The summed E-state index contributed by atoms with van der Waals surface area (Å²) in [6, 6.07) is 4.75. The number of likely N-dealkylation sites (tertiary alicyclic amines) is 1. The predicted molar refractivity (Wildman–Crippen MR) is 118 cm³/mol. The van der Waals surface area contributed by atoms with Crippen LogP contribution in [0.1, 0.15) is 64.7 Å². The summed E-state index contributed by atoms with van der Waals surface area (Å²) in [6.45, 7) is 6.82. The zero-order valence-electron chi connectivity index (χ0n) is 18.1. The fourth-order valence-corrected chi connectivity index (χ4v) is 6.32. The molecule has 1 spiro atoms. The second kappa shape index (κ2) is 8.05. The lowest BCUT2D eigenvalue weighted by Crippen LogP contribution is -2.55. The molecule has 1 amide bonds. The van der Waals surface area contributed by atoms with Crippen molar-refractivity contribution in [1.29, 1.82) is 0 Å². The summed E-state index contributed by atoms with van der Waals surface area (Å²) in [6.07, 6.45) is 6.96. The van der Waals surface area contributed by atoms with E-state index in [1.165, 1.54) is 29.0 Å². The minimum absolute atomic E-state index is 0.0432. The second-order valence-electron chi connectivity index (χ2n) is 9.39. The minimum atomic E-state index is -0.0516. The molecule has 1 aliphatic carbocycles. The molecule has 1 N–H and O–H groups in total. The van der Waals surface area contributed by atoms with Gasteiger partial charge in [-0.2, -0.15) is 0 Å². The molecule has 0 aromatic carbocycles. The number of aromatic nitrogens is 3. The molecule has 0 radical (unpaired) electrons. The fraction of sp³-hybridized carbons (Fsp3) is 0.682. The Labute approximate surface area is 182 Å². The summed E-state index contributed by atoms with van der Waals surface area (Å²) in [5.74, 6) is 1.35. The molecular formula is C22H32N6OS. The van der Waals surface area contributed by atoms with Crippen molar-refractivity contribution in [3.8, 4) is 0 Å². The van der Waals surface area contributed by atoms with Crippen molar-refractivity contribution in [2.75, 3.05) is 20.1 Å². The summed E-state index contributed by atoms with van der Waals surface area (Å²) < 4.78 is 2.09. The van der Waals surface area contributed by atoms with Crippen LogP contribution < -0.4 is 5.32 Å². The van der Waals surface area contributed by atoms with E-state index >= 15 is 0 Å². The lowest BCUT2D eigenvalue weighted by atomic mass is 9.94. The molecule has 162 valence electrons. The topological polar surface area (TPSA) is 66.3 Å². The zero-order chi connectivity index (χ0) is 20.7. The Morgan fingerprint density at radius 3 is 2.83 bits per heavy atom. The fourth-order valence-electron chi connectivity index (χ4n) is 5.38.